The molecule has 0 aromatic heterocycles. The number of amides is 2. The van der Waals surface area contributed by atoms with Crippen LogP contribution in [-0.4, -0.2) is 54.1 Å². The molecule has 12 nitrogen and oxygen atoms in total. The molecule has 0 saturated carbocycles. The van der Waals surface area contributed by atoms with Gasteiger partial charge in [-0.05, 0) is 245 Å². The second-order valence-corrected chi connectivity index (χ2v) is 31.5. The lowest BCUT2D eigenvalue weighted by molar-refractivity contribution is -0.115. The second kappa shape index (κ2) is 80.5. The topological polar surface area (TPSA) is 184 Å². The van der Waals surface area contributed by atoms with Crippen LogP contribution in [-0.2, 0) is 29.2 Å². The van der Waals surface area contributed by atoms with Crippen LogP contribution in [0.4, 0.5) is 39.8 Å². The predicted octanol–water partition coefficient (Wildman–Crippen LogP) is 31.8. The van der Waals surface area contributed by atoms with Crippen molar-refractivity contribution in [1.29, 1.82) is 0 Å². The van der Waals surface area contributed by atoms with Gasteiger partial charge in [0.1, 0.15) is 0 Å². The number of carbonyl (C=O) groups is 2. The summed E-state index contributed by atoms with van der Waals surface area (Å²) in [5.74, 6) is -0.0669. The van der Waals surface area contributed by atoms with Crippen LogP contribution in [0.1, 0.15) is 190 Å². The molecular formula is C123H176N10O2. The van der Waals surface area contributed by atoms with Crippen LogP contribution in [0.3, 0.4) is 0 Å². The molecule has 0 bridgehead atoms. The van der Waals surface area contributed by atoms with Crippen molar-refractivity contribution in [2.45, 2.75) is 213 Å². The summed E-state index contributed by atoms with van der Waals surface area (Å²) in [7, 11) is 12.3. The van der Waals surface area contributed by atoms with E-state index >= 15 is 0 Å². The number of aryl methyl sites for hydroxylation is 15. The average molecular weight is 1830 g/mol. The van der Waals surface area contributed by atoms with Gasteiger partial charge >= 0.3 is 0 Å². The van der Waals surface area contributed by atoms with E-state index in [0.717, 1.165) is 34.0 Å². The molecule has 11 N–H and O–H groups in total. The molecule has 2 aliphatic carbocycles. The number of allylic oxidation sites excluding steroid dienone is 1. The van der Waals surface area contributed by atoms with Gasteiger partial charge in [0.2, 0.25) is 11.8 Å². The van der Waals surface area contributed by atoms with Gasteiger partial charge in [-0.2, -0.15) is 0 Å². The summed E-state index contributed by atoms with van der Waals surface area (Å²) in [5, 5.41) is 8.54. The van der Waals surface area contributed by atoms with Gasteiger partial charge in [-0.15, -0.1) is 0 Å². The summed E-state index contributed by atoms with van der Waals surface area (Å²) in [6, 6.07) is 113. The highest BCUT2D eigenvalue weighted by Gasteiger charge is 2.02. The summed E-state index contributed by atoms with van der Waals surface area (Å²) < 4.78 is 0. The summed E-state index contributed by atoms with van der Waals surface area (Å²) in [6.07, 6.45) is 0. The maximum absolute atomic E-state index is 10.6. The van der Waals surface area contributed by atoms with E-state index in [1.807, 2.05) is 220 Å². The lowest BCUT2D eigenvalue weighted by atomic mass is 10.1. The van der Waals surface area contributed by atoms with Crippen molar-refractivity contribution in [1.82, 2.24) is 0 Å². The predicted molar refractivity (Wildman–Crippen MR) is 606 cm³/mol. The number of nitrogens with two attached hydrogens (primary N) is 4. The fourth-order valence-electron chi connectivity index (χ4n) is 11.3. The molecule has 0 radical (unpaired) electrons. The molecule has 12 aromatic rings. The summed E-state index contributed by atoms with van der Waals surface area (Å²) >= 11 is 0. The van der Waals surface area contributed by atoms with E-state index in [1.54, 1.807) is 0 Å². The van der Waals surface area contributed by atoms with E-state index < -0.39 is 0 Å². The minimum absolute atomic E-state index is 0.0335. The van der Waals surface area contributed by atoms with E-state index in [2.05, 4.69) is 373 Å². The number of hydrogen-bond acceptors (Lipinski definition) is 10. The molecule has 0 fully saturated rings. The first-order valence-corrected chi connectivity index (χ1v) is 47.4. The van der Waals surface area contributed by atoms with Crippen molar-refractivity contribution in [2.24, 2.45) is 17.2 Å². The second-order valence-electron chi connectivity index (χ2n) is 31.5. The molecule has 135 heavy (non-hydrogen) atoms. The van der Waals surface area contributed by atoms with Crippen LogP contribution in [0.25, 0.3) is 11.1 Å². The zero-order valence-electron chi connectivity index (χ0n) is 89.6. The van der Waals surface area contributed by atoms with E-state index in [9.17, 15) is 9.59 Å². The molecule has 0 unspecified atom stereocenters. The number of carbonyl (C=O) groups excluding carboxylic acids is 2. The largest absolute Gasteiger partial charge is 0.399 e. The van der Waals surface area contributed by atoms with Crippen LogP contribution < -0.4 is 53.6 Å². The van der Waals surface area contributed by atoms with Gasteiger partial charge in [0.05, 0.1) is 0 Å². The molecule has 14 rings (SSSR count). The van der Waals surface area contributed by atoms with Gasteiger partial charge in [-0.25, -0.2) is 0 Å². The number of benzene rings is 12. The van der Waals surface area contributed by atoms with Crippen molar-refractivity contribution >= 4 is 51.6 Å². The third-order valence-electron chi connectivity index (χ3n) is 18.5. The number of para-hydroxylation sites is 2. The van der Waals surface area contributed by atoms with E-state index in [-0.39, 0.29) is 11.8 Å². The fraction of sp³-hybridized carbons (Fsp3) is 0.301. The molecular weight excluding hydrogens is 1650 g/mol. The molecule has 0 aliphatic heterocycles. The molecule has 0 spiro atoms. The number of fused-ring (bicyclic) bond motifs is 1. The highest BCUT2D eigenvalue weighted by atomic mass is 16.2. The molecule has 2 aliphatic rings. The Morgan fingerprint density at radius 3 is 0.919 bits per heavy atom. The normalized spacial score (nSPS) is 8.99. The Morgan fingerprint density at radius 1 is 0.267 bits per heavy atom. The monoisotopic (exact) mass is 1830 g/mol. The number of rotatable bonds is 10. The molecule has 0 saturated heterocycles. The van der Waals surface area contributed by atoms with Crippen LogP contribution in [0.2, 0.25) is 0 Å². The zero-order valence-corrected chi connectivity index (χ0v) is 89.6. The maximum Gasteiger partial charge on any atom is 0.221 e. The maximum atomic E-state index is 10.6. The number of nitrogens with one attached hydrogen (secondary N) is 3. The minimum atomic E-state index is -0.0335. The van der Waals surface area contributed by atoms with Crippen molar-refractivity contribution < 1.29 is 9.59 Å². The minimum Gasteiger partial charge on any atom is -0.399 e. The van der Waals surface area contributed by atoms with Crippen LogP contribution >= 0.6 is 0 Å². The Labute approximate surface area is 822 Å². The molecule has 0 atom stereocenters. The Bertz CT molecular complexity index is 5130. The van der Waals surface area contributed by atoms with E-state index in [4.69, 9.17) is 22.9 Å². The van der Waals surface area contributed by atoms with Gasteiger partial charge in [0.25, 0.3) is 0 Å². The smallest absolute Gasteiger partial charge is 0.221 e. The van der Waals surface area contributed by atoms with Gasteiger partial charge in [-0.3, -0.25) is 9.59 Å². The summed E-state index contributed by atoms with van der Waals surface area (Å²) in [4.78, 5) is 27.5. The lowest BCUT2D eigenvalue weighted by Crippen LogP contribution is -2.09. The van der Waals surface area contributed by atoms with Crippen molar-refractivity contribution in [3.63, 3.8) is 0 Å². The fourth-order valence-corrected chi connectivity index (χ4v) is 11.3. The Hall–Kier alpha value is -13.1. The standard InChI is InChI=1S/C11H10.C10H13N.2C9H11NO.3C9H13N.3C8H11N.2C8H10.C7H9N.5C2H6/c1-9-5-2-3-6-10-7-4-8-11(9)10;1-8(2)11-10-6-4-5-9(3)7-10;2*1-7-3-5-9(6-4-7)10-8(2)11;1-8-4-6-9(7-5-8)10(2)3;1-8-5-4-6-9(7-8)10(2)3;1-8-6-4-5-7-9(8)10(2)3;1-7-2-4-8(6-9)5-3-7;1-7-3-2-4-8(5-7)6-9;1-7-4-2-3-5-8(7)6-9;1-7-3-5-8(2)6-4-7;1-7-4-3-5-8(2)6-7;1-6-4-2-3-5-7(6)8;5*1-2/h2-8H,1H3;4-7,11H,1H2,2-3H3;2*3-6H,1-2H3,(H,10,11);3*4-7H,1-3H3;3*2-5H,6,9H2,1H3;2*3-6H,1-2H3;2-5H,8H2,1H3;5*1-2H3. The van der Waals surface area contributed by atoms with Gasteiger partial charge in [0, 0.05) is 121 Å². The van der Waals surface area contributed by atoms with E-state index in [0.29, 0.717) is 19.6 Å². The Balaban J connectivity index is -0.000000684. The van der Waals surface area contributed by atoms with Crippen molar-refractivity contribution in [3.8, 4) is 11.1 Å². The van der Waals surface area contributed by atoms with Crippen LogP contribution in [0, 0.1) is 104 Å². The zero-order chi connectivity index (χ0) is 103. The van der Waals surface area contributed by atoms with Gasteiger partial charge < -0.3 is 53.6 Å². The number of anilines is 7. The van der Waals surface area contributed by atoms with Crippen LogP contribution in [0.15, 0.2) is 346 Å². The first kappa shape index (κ1) is 128. The van der Waals surface area contributed by atoms with E-state index in [1.165, 1.54) is 137 Å². The molecule has 0 heterocycles. The van der Waals surface area contributed by atoms with Gasteiger partial charge in [-0.1, -0.05) is 387 Å². The summed E-state index contributed by atoms with van der Waals surface area (Å²) in [5.41, 5.74) is 55.8. The van der Waals surface area contributed by atoms with Crippen molar-refractivity contribution in [2.75, 3.05) is 78.7 Å². The first-order valence-electron chi connectivity index (χ1n) is 47.4. The third kappa shape index (κ3) is 66.0. The SMILES string of the molecule is C=C(C)Nc1cccc(C)c1.CC.CC.CC.CC.CC.CC(=O)Nc1ccc(C)cc1.CC(=O)Nc1ccc(C)cc1.Cc1ccc(C)cc1.Cc1ccc(CN)cc1.Cc1ccc(N(C)C)cc1.Cc1cccc(C)c1.Cc1cccc(CN)c1.Cc1cccc(N(C)C)c1.Cc1ccccc1CN.Cc1ccccc1N.Cc1ccccc1N(C)C.Cc1ccccc2cccc1-2. The molecule has 12 heteroatoms. The lowest BCUT2D eigenvalue weighted by Gasteiger charge is -2.14. The molecule has 12 aromatic carbocycles. The highest BCUT2D eigenvalue weighted by molar-refractivity contribution is 5.89. The number of nitrogen functional groups attached to an aromatic ring is 1. The Kier molecular flexibility index (Phi) is 76.5. The Morgan fingerprint density at radius 2 is 0.600 bits per heavy atom. The first-order chi connectivity index (χ1) is 64.4. The average Bonchev–Trinajstić information content (AvgIpc) is 1.73. The third-order valence-corrected chi connectivity index (χ3v) is 18.5. The number of nitrogens with zero attached hydrogens (tertiary/aromatic N) is 3. The van der Waals surface area contributed by atoms with Crippen molar-refractivity contribution in [3.05, 3.63) is 446 Å². The summed E-state index contributed by atoms with van der Waals surface area (Å²) in [6.45, 7) is 61.8. The van der Waals surface area contributed by atoms with Crippen LogP contribution in [0.5, 0.6) is 0 Å². The molecule has 2 amide bonds. The highest BCUT2D eigenvalue weighted by Crippen LogP contribution is 2.25. The number of hydrogen-bond donors (Lipinski definition) is 7. The molecule has 730 valence electrons. The quantitative estimate of drug-likeness (QED) is 0.0651. The van der Waals surface area contributed by atoms with Gasteiger partial charge in [0.15, 0.2) is 0 Å².